The van der Waals surface area contributed by atoms with E-state index in [1.165, 1.54) is 0 Å². The maximum atomic E-state index is 10.8. The molecule has 2 N–H and O–H groups in total. The van der Waals surface area contributed by atoms with Crippen molar-refractivity contribution in [3.8, 4) is 0 Å². The zero-order valence-corrected chi connectivity index (χ0v) is 8.53. The molecule has 0 aromatic rings. The highest BCUT2D eigenvalue weighted by atomic mass is 16.4. The number of hydrogen-bond acceptors (Lipinski definition) is 2. The summed E-state index contributed by atoms with van der Waals surface area (Å²) >= 11 is 0. The molecule has 0 spiro atoms. The number of aliphatic carboxylic acids is 1. The van der Waals surface area contributed by atoms with Crippen LogP contribution in [-0.2, 0) is 4.79 Å². The lowest BCUT2D eigenvalue weighted by molar-refractivity contribution is -0.145. The van der Waals surface area contributed by atoms with E-state index in [4.69, 9.17) is 5.11 Å². The molecule has 0 aliphatic heterocycles. The van der Waals surface area contributed by atoms with Gasteiger partial charge in [-0.3, -0.25) is 4.79 Å². The summed E-state index contributed by atoms with van der Waals surface area (Å²) in [6.45, 7) is 3.74. The third-order valence-corrected chi connectivity index (χ3v) is 2.77. The molecular weight excluding hydrogens is 180 g/mol. The molecule has 0 aromatic carbocycles. The van der Waals surface area contributed by atoms with E-state index in [0.29, 0.717) is 6.42 Å². The molecule has 14 heavy (non-hydrogen) atoms. The topological polar surface area (TPSA) is 57.5 Å². The Labute approximate surface area is 83.8 Å². The Morgan fingerprint density at radius 2 is 2.07 bits per heavy atom. The smallest absolute Gasteiger partial charge is 0.309 e. The van der Waals surface area contributed by atoms with Crippen molar-refractivity contribution in [3.05, 3.63) is 23.3 Å². The van der Waals surface area contributed by atoms with Gasteiger partial charge in [0.1, 0.15) is 0 Å². The van der Waals surface area contributed by atoms with Crippen LogP contribution >= 0.6 is 0 Å². The Hall–Kier alpha value is -1.09. The molecule has 0 aromatic heterocycles. The van der Waals surface area contributed by atoms with E-state index in [9.17, 15) is 9.90 Å². The maximum absolute atomic E-state index is 10.8. The number of carboxylic acids is 1. The van der Waals surface area contributed by atoms with Crippen molar-refractivity contribution < 1.29 is 15.0 Å². The van der Waals surface area contributed by atoms with Gasteiger partial charge < -0.3 is 10.2 Å². The summed E-state index contributed by atoms with van der Waals surface area (Å²) in [5.74, 6) is -1.56. The molecule has 2 unspecified atom stereocenters. The monoisotopic (exact) mass is 196 g/mol. The van der Waals surface area contributed by atoms with Crippen LogP contribution in [0.25, 0.3) is 0 Å². The first-order chi connectivity index (χ1) is 6.61. The van der Waals surface area contributed by atoms with Crippen LogP contribution < -0.4 is 0 Å². The molecule has 1 fully saturated rings. The number of carbonyl (C=O) groups is 1. The van der Waals surface area contributed by atoms with Crippen molar-refractivity contribution in [2.45, 2.75) is 32.8 Å². The molecule has 1 aliphatic carbocycles. The zero-order valence-electron chi connectivity index (χ0n) is 8.53. The SMILES string of the molecule is C/C=C1/CCC(C(=O)O)C(O)/C1=C/C. The summed E-state index contributed by atoms with van der Waals surface area (Å²) in [5, 5.41) is 18.7. The molecule has 0 saturated heterocycles. The molecule has 0 bridgehead atoms. The average molecular weight is 196 g/mol. The van der Waals surface area contributed by atoms with Gasteiger partial charge in [0.2, 0.25) is 0 Å². The van der Waals surface area contributed by atoms with E-state index in [1.54, 1.807) is 6.08 Å². The fourth-order valence-corrected chi connectivity index (χ4v) is 1.95. The van der Waals surface area contributed by atoms with E-state index >= 15 is 0 Å². The fourth-order valence-electron chi connectivity index (χ4n) is 1.95. The van der Waals surface area contributed by atoms with Gasteiger partial charge >= 0.3 is 5.97 Å². The summed E-state index contributed by atoms with van der Waals surface area (Å²) in [6.07, 6.45) is 4.15. The van der Waals surface area contributed by atoms with E-state index in [0.717, 1.165) is 17.6 Å². The lowest BCUT2D eigenvalue weighted by Crippen LogP contribution is -2.33. The van der Waals surface area contributed by atoms with Crippen LogP contribution in [0.2, 0.25) is 0 Å². The quantitative estimate of drug-likeness (QED) is 0.671. The number of allylic oxidation sites excluding steroid dienone is 2. The molecule has 2 atom stereocenters. The minimum absolute atomic E-state index is 0.521. The lowest BCUT2D eigenvalue weighted by atomic mass is 9.79. The zero-order chi connectivity index (χ0) is 10.7. The molecule has 0 amide bonds. The molecule has 78 valence electrons. The van der Waals surface area contributed by atoms with Crippen molar-refractivity contribution in [1.29, 1.82) is 0 Å². The molecule has 1 rings (SSSR count). The first-order valence-corrected chi connectivity index (χ1v) is 4.84. The van der Waals surface area contributed by atoms with Crippen LogP contribution in [0.3, 0.4) is 0 Å². The second-order valence-electron chi connectivity index (χ2n) is 3.49. The molecule has 3 heteroatoms. The maximum Gasteiger partial charge on any atom is 0.309 e. The van der Waals surface area contributed by atoms with Gasteiger partial charge in [-0.15, -0.1) is 0 Å². The summed E-state index contributed by atoms with van der Waals surface area (Å²) in [7, 11) is 0. The molecular formula is C11H16O3. The minimum atomic E-state index is -0.910. The van der Waals surface area contributed by atoms with Crippen LogP contribution in [0, 0.1) is 5.92 Å². The molecule has 0 radical (unpaired) electrons. The van der Waals surface area contributed by atoms with E-state index in [2.05, 4.69) is 0 Å². The summed E-state index contributed by atoms with van der Waals surface area (Å²) in [6, 6.07) is 0. The lowest BCUT2D eigenvalue weighted by Gasteiger charge is -2.29. The Bertz CT molecular complexity index is 289. The number of rotatable bonds is 1. The first-order valence-electron chi connectivity index (χ1n) is 4.84. The van der Waals surface area contributed by atoms with Crippen molar-refractivity contribution >= 4 is 5.97 Å². The second-order valence-corrected chi connectivity index (χ2v) is 3.49. The Morgan fingerprint density at radius 3 is 2.50 bits per heavy atom. The molecule has 0 heterocycles. The van der Waals surface area contributed by atoms with Crippen LogP contribution in [-0.4, -0.2) is 22.3 Å². The first kappa shape index (κ1) is 11.0. The number of hydrogen-bond donors (Lipinski definition) is 2. The van der Waals surface area contributed by atoms with Gasteiger partial charge in [-0.2, -0.15) is 0 Å². The van der Waals surface area contributed by atoms with Gasteiger partial charge in [0.25, 0.3) is 0 Å². The summed E-state index contributed by atoms with van der Waals surface area (Å²) < 4.78 is 0. The van der Waals surface area contributed by atoms with Crippen molar-refractivity contribution in [2.75, 3.05) is 0 Å². The third kappa shape index (κ3) is 1.87. The number of carboxylic acid groups (broad SMARTS) is 1. The second kappa shape index (κ2) is 4.42. The van der Waals surface area contributed by atoms with Gasteiger partial charge in [0.05, 0.1) is 12.0 Å². The van der Waals surface area contributed by atoms with E-state index < -0.39 is 18.0 Å². The highest BCUT2D eigenvalue weighted by Gasteiger charge is 2.34. The predicted molar refractivity (Wildman–Crippen MR) is 53.9 cm³/mol. The standard InChI is InChI=1S/C11H16O3/c1-3-7-5-6-9(11(13)14)10(12)8(7)4-2/h3-4,9-10,12H,5-6H2,1-2H3,(H,13,14)/b7-3-,8-4+. The molecule has 1 aliphatic rings. The fraction of sp³-hybridized carbons (Fsp3) is 0.545. The Balaban J connectivity index is 2.93. The van der Waals surface area contributed by atoms with Crippen LogP contribution in [0.15, 0.2) is 23.3 Å². The highest BCUT2D eigenvalue weighted by Crippen LogP contribution is 2.33. The van der Waals surface area contributed by atoms with Crippen molar-refractivity contribution in [2.24, 2.45) is 5.92 Å². The van der Waals surface area contributed by atoms with E-state index in [-0.39, 0.29) is 0 Å². The largest absolute Gasteiger partial charge is 0.481 e. The van der Waals surface area contributed by atoms with Gasteiger partial charge in [0, 0.05) is 0 Å². The summed E-state index contributed by atoms with van der Waals surface area (Å²) in [4.78, 5) is 10.8. The predicted octanol–water partition coefficient (Wildman–Crippen LogP) is 1.73. The number of aliphatic hydroxyl groups excluding tert-OH is 1. The van der Waals surface area contributed by atoms with Gasteiger partial charge in [0.15, 0.2) is 0 Å². The normalized spacial score (nSPS) is 33.6. The van der Waals surface area contributed by atoms with Crippen LogP contribution in [0.5, 0.6) is 0 Å². The van der Waals surface area contributed by atoms with E-state index in [1.807, 2.05) is 19.9 Å². The van der Waals surface area contributed by atoms with Crippen LogP contribution in [0.4, 0.5) is 0 Å². The molecule has 1 saturated carbocycles. The van der Waals surface area contributed by atoms with Gasteiger partial charge in [-0.1, -0.05) is 12.2 Å². The highest BCUT2D eigenvalue weighted by molar-refractivity contribution is 5.72. The van der Waals surface area contributed by atoms with Crippen LogP contribution in [0.1, 0.15) is 26.7 Å². The van der Waals surface area contributed by atoms with Crippen molar-refractivity contribution in [1.82, 2.24) is 0 Å². The Morgan fingerprint density at radius 1 is 1.43 bits per heavy atom. The molecule has 3 nitrogen and oxygen atoms in total. The van der Waals surface area contributed by atoms with Crippen molar-refractivity contribution in [3.63, 3.8) is 0 Å². The summed E-state index contributed by atoms with van der Waals surface area (Å²) in [5.41, 5.74) is 1.84. The Kier molecular flexibility index (Phi) is 3.47. The minimum Gasteiger partial charge on any atom is -0.481 e. The third-order valence-electron chi connectivity index (χ3n) is 2.77. The number of aliphatic hydroxyl groups is 1. The van der Waals surface area contributed by atoms with Gasteiger partial charge in [-0.25, -0.2) is 0 Å². The van der Waals surface area contributed by atoms with Gasteiger partial charge in [-0.05, 0) is 37.8 Å². The average Bonchev–Trinajstić information content (AvgIpc) is 2.16.